The Morgan fingerprint density at radius 1 is 1.04 bits per heavy atom. The van der Waals surface area contributed by atoms with Gasteiger partial charge in [-0.1, -0.05) is 30.3 Å². The van der Waals surface area contributed by atoms with Crippen LogP contribution in [0.2, 0.25) is 0 Å². The fraction of sp³-hybridized carbons (Fsp3) is 0.381. The second kappa shape index (κ2) is 9.30. The van der Waals surface area contributed by atoms with Crippen molar-refractivity contribution in [3.8, 4) is 0 Å². The van der Waals surface area contributed by atoms with Gasteiger partial charge in [0.05, 0.1) is 5.75 Å². The van der Waals surface area contributed by atoms with Crippen LogP contribution in [0.4, 0.5) is 4.39 Å². The lowest BCUT2D eigenvalue weighted by atomic mass is 9.91. The first-order valence-electron chi connectivity index (χ1n) is 9.49. The SMILES string of the molecule is O=C(NCCS(=O)(=O)N1CCC(Cc2ccccc2)CC1)c1ccc(F)cc1. The van der Waals surface area contributed by atoms with E-state index in [1.807, 2.05) is 18.2 Å². The van der Waals surface area contributed by atoms with Gasteiger partial charge in [0.1, 0.15) is 5.82 Å². The summed E-state index contributed by atoms with van der Waals surface area (Å²) in [5.41, 5.74) is 1.59. The number of hydrogen-bond donors (Lipinski definition) is 1. The van der Waals surface area contributed by atoms with Crippen LogP contribution in [0, 0.1) is 11.7 Å². The van der Waals surface area contributed by atoms with E-state index >= 15 is 0 Å². The van der Waals surface area contributed by atoms with E-state index in [1.54, 1.807) is 0 Å². The summed E-state index contributed by atoms with van der Waals surface area (Å²) in [5.74, 6) is -0.470. The predicted octanol–water partition coefficient (Wildman–Crippen LogP) is 2.84. The molecule has 2 aromatic rings. The van der Waals surface area contributed by atoms with E-state index in [-0.39, 0.29) is 12.3 Å². The molecule has 7 heteroatoms. The lowest BCUT2D eigenvalue weighted by Gasteiger charge is -2.31. The number of carbonyl (C=O) groups excluding carboxylic acids is 1. The molecule has 150 valence electrons. The highest BCUT2D eigenvalue weighted by atomic mass is 32.2. The van der Waals surface area contributed by atoms with Crippen molar-refractivity contribution in [3.05, 3.63) is 71.5 Å². The summed E-state index contributed by atoms with van der Waals surface area (Å²) < 4.78 is 39.5. The molecule has 0 unspecified atom stereocenters. The molecule has 0 atom stereocenters. The summed E-state index contributed by atoms with van der Waals surface area (Å²) >= 11 is 0. The molecule has 0 spiro atoms. The molecule has 1 aliphatic rings. The topological polar surface area (TPSA) is 66.5 Å². The molecule has 2 aromatic carbocycles. The van der Waals surface area contributed by atoms with Gasteiger partial charge in [-0.3, -0.25) is 4.79 Å². The minimum absolute atomic E-state index is 0.0302. The number of carbonyl (C=O) groups is 1. The summed E-state index contributed by atoms with van der Waals surface area (Å²) in [6.45, 7) is 1.07. The smallest absolute Gasteiger partial charge is 0.251 e. The van der Waals surface area contributed by atoms with Crippen LogP contribution in [-0.2, 0) is 16.4 Å². The summed E-state index contributed by atoms with van der Waals surface area (Å²) in [7, 11) is -3.41. The fourth-order valence-electron chi connectivity index (χ4n) is 3.46. The van der Waals surface area contributed by atoms with Crippen LogP contribution in [0.15, 0.2) is 54.6 Å². The van der Waals surface area contributed by atoms with Gasteiger partial charge in [-0.05, 0) is 55.0 Å². The minimum Gasteiger partial charge on any atom is -0.351 e. The zero-order valence-corrected chi connectivity index (χ0v) is 16.5. The number of amides is 1. The van der Waals surface area contributed by atoms with Crippen molar-refractivity contribution in [2.75, 3.05) is 25.4 Å². The van der Waals surface area contributed by atoms with Gasteiger partial charge in [-0.15, -0.1) is 0 Å². The molecule has 3 rings (SSSR count). The van der Waals surface area contributed by atoms with Crippen molar-refractivity contribution in [1.82, 2.24) is 9.62 Å². The van der Waals surface area contributed by atoms with E-state index < -0.39 is 21.7 Å². The van der Waals surface area contributed by atoms with E-state index in [4.69, 9.17) is 0 Å². The first kappa shape index (κ1) is 20.5. The van der Waals surface area contributed by atoms with Gasteiger partial charge in [0.2, 0.25) is 10.0 Å². The van der Waals surface area contributed by atoms with Gasteiger partial charge in [0.15, 0.2) is 0 Å². The van der Waals surface area contributed by atoms with Crippen LogP contribution in [-0.4, -0.2) is 44.0 Å². The van der Waals surface area contributed by atoms with Gasteiger partial charge in [-0.25, -0.2) is 17.1 Å². The maximum Gasteiger partial charge on any atom is 0.251 e. The number of nitrogens with one attached hydrogen (secondary N) is 1. The van der Waals surface area contributed by atoms with Crippen LogP contribution in [0.1, 0.15) is 28.8 Å². The normalized spacial score (nSPS) is 16.0. The Hall–Kier alpha value is -2.25. The van der Waals surface area contributed by atoms with Crippen molar-refractivity contribution in [1.29, 1.82) is 0 Å². The highest BCUT2D eigenvalue weighted by molar-refractivity contribution is 7.89. The van der Waals surface area contributed by atoms with Crippen molar-refractivity contribution in [2.24, 2.45) is 5.92 Å². The Labute approximate surface area is 165 Å². The van der Waals surface area contributed by atoms with E-state index in [1.165, 1.54) is 34.1 Å². The molecule has 1 amide bonds. The molecule has 0 aromatic heterocycles. The van der Waals surface area contributed by atoms with Gasteiger partial charge in [-0.2, -0.15) is 0 Å². The monoisotopic (exact) mass is 404 g/mol. The minimum atomic E-state index is -3.41. The molecule has 0 radical (unpaired) electrons. The maximum atomic E-state index is 12.9. The number of nitrogens with zero attached hydrogens (tertiary/aromatic N) is 1. The molecule has 1 fully saturated rings. The standard InChI is InChI=1S/C21H25FN2O3S/c22-20-8-6-19(7-9-20)21(25)23-12-15-28(26,27)24-13-10-18(11-14-24)16-17-4-2-1-3-5-17/h1-9,18H,10-16H2,(H,23,25). The molecule has 1 N–H and O–H groups in total. The zero-order chi connectivity index (χ0) is 20.0. The fourth-order valence-corrected chi connectivity index (χ4v) is 4.85. The number of rotatable bonds is 7. The van der Waals surface area contributed by atoms with Crippen LogP contribution in [0.3, 0.4) is 0 Å². The Bertz CT molecular complexity index is 878. The third-order valence-corrected chi connectivity index (χ3v) is 6.96. The summed E-state index contributed by atoms with van der Waals surface area (Å²) in [6.07, 6.45) is 2.66. The Morgan fingerprint density at radius 2 is 1.68 bits per heavy atom. The lowest BCUT2D eigenvalue weighted by molar-refractivity contribution is 0.0956. The van der Waals surface area contributed by atoms with Crippen LogP contribution < -0.4 is 5.32 Å². The Balaban J connectivity index is 1.43. The van der Waals surface area contributed by atoms with Crippen molar-refractivity contribution in [2.45, 2.75) is 19.3 Å². The third-order valence-electron chi connectivity index (χ3n) is 5.09. The quantitative estimate of drug-likeness (QED) is 0.772. The first-order valence-corrected chi connectivity index (χ1v) is 11.1. The molecule has 1 saturated heterocycles. The number of piperidine rings is 1. The highest BCUT2D eigenvalue weighted by Gasteiger charge is 2.27. The van der Waals surface area contributed by atoms with Crippen molar-refractivity contribution >= 4 is 15.9 Å². The number of hydrogen-bond acceptors (Lipinski definition) is 3. The molecule has 1 heterocycles. The van der Waals surface area contributed by atoms with Gasteiger partial charge in [0, 0.05) is 25.2 Å². The molecule has 5 nitrogen and oxygen atoms in total. The molecular weight excluding hydrogens is 379 g/mol. The van der Waals surface area contributed by atoms with Crippen LogP contribution in [0.5, 0.6) is 0 Å². The Morgan fingerprint density at radius 3 is 2.32 bits per heavy atom. The van der Waals surface area contributed by atoms with E-state index in [0.29, 0.717) is 24.6 Å². The highest BCUT2D eigenvalue weighted by Crippen LogP contribution is 2.23. The van der Waals surface area contributed by atoms with Crippen LogP contribution in [0.25, 0.3) is 0 Å². The molecular formula is C21H25FN2O3S. The van der Waals surface area contributed by atoms with Gasteiger partial charge >= 0.3 is 0 Å². The van der Waals surface area contributed by atoms with Crippen LogP contribution >= 0.6 is 0 Å². The molecule has 0 bridgehead atoms. The molecule has 1 aliphatic heterocycles. The van der Waals surface area contributed by atoms with Crippen molar-refractivity contribution in [3.63, 3.8) is 0 Å². The maximum absolute atomic E-state index is 12.9. The summed E-state index contributed by atoms with van der Waals surface area (Å²) in [4.78, 5) is 12.0. The largest absolute Gasteiger partial charge is 0.351 e. The number of benzene rings is 2. The predicted molar refractivity (Wildman–Crippen MR) is 107 cm³/mol. The zero-order valence-electron chi connectivity index (χ0n) is 15.7. The third kappa shape index (κ3) is 5.62. The molecule has 0 saturated carbocycles. The van der Waals surface area contributed by atoms with Gasteiger partial charge < -0.3 is 5.32 Å². The summed E-state index contributed by atoms with van der Waals surface area (Å²) in [6, 6.07) is 15.4. The van der Waals surface area contributed by atoms with E-state index in [9.17, 15) is 17.6 Å². The number of halogens is 1. The van der Waals surface area contributed by atoms with E-state index in [0.717, 1.165) is 19.3 Å². The average Bonchev–Trinajstić information content (AvgIpc) is 2.69. The second-order valence-corrected chi connectivity index (χ2v) is 9.20. The second-order valence-electron chi connectivity index (χ2n) is 7.11. The number of sulfonamides is 1. The van der Waals surface area contributed by atoms with Gasteiger partial charge in [0.25, 0.3) is 5.91 Å². The first-order chi connectivity index (χ1) is 13.4. The lowest BCUT2D eigenvalue weighted by Crippen LogP contribution is -2.42. The molecule has 28 heavy (non-hydrogen) atoms. The van der Waals surface area contributed by atoms with E-state index in [2.05, 4.69) is 17.4 Å². The Kier molecular flexibility index (Phi) is 6.80. The summed E-state index contributed by atoms with van der Waals surface area (Å²) in [5, 5.41) is 2.59. The average molecular weight is 405 g/mol. The molecule has 0 aliphatic carbocycles. The van der Waals surface area contributed by atoms with Crippen molar-refractivity contribution < 1.29 is 17.6 Å².